The summed E-state index contributed by atoms with van der Waals surface area (Å²) in [7, 11) is 0. The van der Waals surface area contributed by atoms with Crippen molar-refractivity contribution in [2.45, 2.75) is 20.4 Å². The maximum Gasteiger partial charge on any atom is 0.0703 e. The van der Waals surface area contributed by atoms with Crippen molar-refractivity contribution in [3.63, 3.8) is 0 Å². The van der Waals surface area contributed by atoms with Crippen molar-refractivity contribution in [2.75, 3.05) is 5.32 Å². The fourth-order valence-corrected chi connectivity index (χ4v) is 2.50. The van der Waals surface area contributed by atoms with E-state index in [0.29, 0.717) is 0 Å². The monoisotopic (exact) mass is 262 g/mol. The maximum atomic E-state index is 4.34. The van der Waals surface area contributed by atoms with Crippen LogP contribution in [0, 0.1) is 13.8 Å². The molecule has 1 aromatic heterocycles. The molecule has 0 aliphatic carbocycles. The van der Waals surface area contributed by atoms with Gasteiger partial charge in [0.05, 0.1) is 5.52 Å². The molecule has 1 N–H and O–H groups in total. The van der Waals surface area contributed by atoms with Crippen LogP contribution in [0.25, 0.3) is 10.9 Å². The van der Waals surface area contributed by atoms with Gasteiger partial charge in [-0.15, -0.1) is 0 Å². The highest BCUT2D eigenvalue weighted by atomic mass is 14.9. The molecular formula is C18H18N2. The topological polar surface area (TPSA) is 24.9 Å². The van der Waals surface area contributed by atoms with Gasteiger partial charge in [-0.05, 0) is 54.8 Å². The van der Waals surface area contributed by atoms with Gasteiger partial charge in [-0.3, -0.25) is 4.98 Å². The molecule has 0 spiro atoms. The summed E-state index contributed by atoms with van der Waals surface area (Å²) in [6.45, 7) is 5.17. The summed E-state index contributed by atoms with van der Waals surface area (Å²) in [5.41, 5.74) is 6.21. The molecular weight excluding hydrogens is 244 g/mol. The number of benzene rings is 2. The van der Waals surface area contributed by atoms with Gasteiger partial charge >= 0.3 is 0 Å². The van der Waals surface area contributed by atoms with Gasteiger partial charge in [0.1, 0.15) is 0 Å². The Kier molecular flexibility index (Phi) is 3.38. The highest BCUT2D eigenvalue weighted by Crippen LogP contribution is 2.19. The molecule has 3 aromatic rings. The number of nitrogens with zero attached hydrogens (tertiary/aromatic N) is 1. The third-order valence-corrected chi connectivity index (χ3v) is 3.72. The van der Waals surface area contributed by atoms with Gasteiger partial charge in [-0.2, -0.15) is 0 Å². The molecule has 2 nitrogen and oxygen atoms in total. The third-order valence-electron chi connectivity index (χ3n) is 3.72. The normalized spacial score (nSPS) is 10.7. The van der Waals surface area contributed by atoms with Crippen molar-refractivity contribution < 1.29 is 0 Å². The average molecular weight is 262 g/mol. The summed E-state index contributed by atoms with van der Waals surface area (Å²) >= 11 is 0. The highest BCUT2D eigenvalue weighted by molar-refractivity contribution is 5.82. The van der Waals surface area contributed by atoms with E-state index in [4.69, 9.17) is 0 Å². The first-order chi connectivity index (χ1) is 9.74. The average Bonchev–Trinajstić information content (AvgIpc) is 2.46. The molecule has 2 heteroatoms. The smallest absolute Gasteiger partial charge is 0.0703 e. The lowest BCUT2D eigenvalue weighted by atomic mass is 10.0. The van der Waals surface area contributed by atoms with Crippen molar-refractivity contribution in [2.24, 2.45) is 0 Å². The summed E-state index contributed by atoms with van der Waals surface area (Å²) in [5, 5.41) is 4.67. The number of nitrogens with one attached hydrogen (secondary N) is 1. The Morgan fingerprint density at radius 2 is 1.75 bits per heavy atom. The minimum atomic E-state index is 0.851. The lowest BCUT2D eigenvalue weighted by molar-refractivity contribution is 1.09. The van der Waals surface area contributed by atoms with Gasteiger partial charge < -0.3 is 5.32 Å². The van der Waals surface area contributed by atoms with E-state index < -0.39 is 0 Å². The van der Waals surface area contributed by atoms with Crippen LogP contribution in [0.5, 0.6) is 0 Å². The van der Waals surface area contributed by atoms with Gasteiger partial charge in [0.25, 0.3) is 0 Å². The standard InChI is InChI=1S/C18H18N2/c1-13-5-3-6-14(2)17(13)12-20-16-8-9-18-15(11-16)7-4-10-19-18/h3-11,20H,12H2,1-2H3. The van der Waals surface area contributed by atoms with Crippen molar-refractivity contribution in [3.05, 3.63) is 71.4 Å². The van der Waals surface area contributed by atoms with Crippen LogP contribution in [0.1, 0.15) is 16.7 Å². The highest BCUT2D eigenvalue weighted by Gasteiger charge is 2.02. The van der Waals surface area contributed by atoms with Crippen molar-refractivity contribution in [1.29, 1.82) is 0 Å². The summed E-state index contributed by atoms with van der Waals surface area (Å²) in [6.07, 6.45) is 1.83. The molecule has 2 aromatic carbocycles. The van der Waals surface area contributed by atoms with Gasteiger partial charge in [-0.1, -0.05) is 24.3 Å². The van der Waals surface area contributed by atoms with E-state index >= 15 is 0 Å². The summed E-state index contributed by atoms with van der Waals surface area (Å²) < 4.78 is 0. The molecule has 3 rings (SSSR count). The molecule has 0 aliphatic rings. The Morgan fingerprint density at radius 1 is 0.950 bits per heavy atom. The third kappa shape index (κ3) is 2.50. The van der Waals surface area contributed by atoms with Crippen LogP contribution in [0.15, 0.2) is 54.7 Å². The van der Waals surface area contributed by atoms with Crippen LogP contribution in [0.3, 0.4) is 0 Å². The quantitative estimate of drug-likeness (QED) is 0.753. The molecule has 0 aliphatic heterocycles. The van der Waals surface area contributed by atoms with Crippen molar-refractivity contribution in [3.8, 4) is 0 Å². The molecule has 1 heterocycles. The number of aromatic nitrogens is 1. The van der Waals surface area contributed by atoms with E-state index in [1.165, 1.54) is 22.1 Å². The number of fused-ring (bicyclic) bond motifs is 1. The van der Waals surface area contributed by atoms with E-state index in [1.54, 1.807) is 0 Å². The van der Waals surface area contributed by atoms with Crippen LogP contribution in [-0.4, -0.2) is 4.98 Å². The van der Waals surface area contributed by atoms with E-state index in [2.05, 4.69) is 66.6 Å². The summed E-state index contributed by atoms with van der Waals surface area (Å²) in [4.78, 5) is 4.34. The molecule has 0 bridgehead atoms. The van der Waals surface area contributed by atoms with Crippen LogP contribution in [0.4, 0.5) is 5.69 Å². The van der Waals surface area contributed by atoms with E-state index in [-0.39, 0.29) is 0 Å². The predicted molar refractivity (Wildman–Crippen MR) is 85.0 cm³/mol. The Balaban J connectivity index is 1.83. The molecule has 0 saturated heterocycles. The van der Waals surface area contributed by atoms with Gasteiger partial charge in [0.15, 0.2) is 0 Å². The number of aryl methyl sites for hydroxylation is 2. The zero-order chi connectivity index (χ0) is 13.9. The second-order valence-corrected chi connectivity index (χ2v) is 5.13. The van der Waals surface area contributed by atoms with E-state index in [9.17, 15) is 0 Å². The first kappa shape index (κ1) is 12.7. The van der Waals surface area contributed by atoms with Gasteiger partial charge in [0.2, 0.25) is 0 Å². The molecule has 0 amide bonds. The van der Waals surface area contributed by atoms with Gasteiger partial charge in [0, 0.05) is 23.8 Å². The number of rotatable bonds is 3. The molecule has 0 saturated carbocycles. The number of hydrogen-bond donors (Lipinski definition) is 1. The maximum absolute atomic E-state index is 4.34. The number of hydrogen-bond acceptors (Lipinski definition) is 2. The fourth-order valence-electron chi connectivity index (χ4n) is 2.50. The Bertz CT molecular complexity index is 727. The Hall–Kier alpha value is -2.35. The van der Waals surface area contributed by atoms with Crippen molar-refractivity contribution >= 4 is 16.6 Å². The lowest BCUT2D eigenvalue weighted by Crippen LogP contribution is -2.03. The fraction of sp³-hybridized carbons (Fsp3) is 0.167. The van der Waals surface area contributed by atoms with Gasteiger partial charge in [-0.25, -0.2) is 0 Å². The Labute approximate surface area is 119 Å². The SMILES string of the molecule is Cc1cccc(C)c1CNc1ccc2ncccc2c1. The van der Waals surface area contributed by atoms with Crippen LogP contribution < -0.4 is 5.32 Å². The zero-order valence-electron chi connectivity index (χ0n) is 11.9. The van der Waals surface area contributed by atoms with Crippen LogP contribution >= 0.6 is 0 Å². The molecule has 20 heavy (non-hydrogen) atoms. The first-order valence-electron chi connectivity index (χ1n) is 6.88. The molecule has 0 unspecified atom stereocenters. The van der Waals surface area contributed by atoms with Crippen LogP contribution in [0.2, 0.25) is 0 Å². The van der Waals surface area contributed by atoms with Crippen molar-refractivity contribution in [1.82, 2.24) is 4.98 Å². The van der Waals surface area contributed by atoms with E-state index in [0.717, 1.165) is 17.7 Å². The number of anilines is 1. The minimum absolute atomic E-state index is 0.851. The largest absolute Gasteiger partial charge is 0.381 e. The lowest BCUT2D eigenvalue weighted by Gasteiger charge is -2.12. The predicted octanol–water partition coefficient (Wildman–Crippen LogP) is 4.46. The molecule has 0 radical (unpaired) electrons. The summed E-state index contributed by atoms with van der Waals surface area (Å²) in [6, 6.07) is 16.8. The molecule has 100 valence electrons. The second-order valence-electron chi connectivity index (χ2n) is 5.13. The zero-order valence-corrected chi connectivity index (χ0v) is 11.9. The summed E-state index contributed by atoms with van der Waals surface area (Å²) in [5.74, 6) is 0. The number of pyridine rings is 1. The first-order valence-corrected chi connectivity index (χ1v) is 6.88. The Morgan fingerprint density at radius 3 is 2.55 bits per heavy atom. The van der Waals surface area contributed by atoms with Crippen LogP contribution in [-0.2, 0) is 6.54 Å². The second kappa shape index (κ2) is 5.33. The molecule has 0 fully saturated rings. The van der Waals surface area contributed by atoms with E-state index in [1.807, 2.05) is 12.3 Å². The minimum Gasteiger partial charge on any atom is -0.381 e. The molecule has 0 atom stereocenters.